The van der Waals surface area contributed by atoms with Gasteiger partial charge in [0.25, 0.3) is 0 Å². The molecule has 80 valence electrons. The maximum Gasteiger partial charge on any atom is 0.0418 e. The quantitative estimate of drug-likeness (QED) is 0.379. The molecule has 0 aromatic heterocycles. The predicted octanol–water partition coefficient (Wildman–Crippen LogP) is 5.14. The second kappa shape index (κ2) is 7.67. The Bertz CT molecular complexity index is 108. The van der Waals surface area contributed by atoms with Crippen molar-refractivity contribution in [2.24, 2.45) is 0 Å². The largest absolute Gasteiger partial charge is 0.120 e. The normalized spacial score (nSPS) is 15.7. The molecule has 13 heavy (non-hydrogen) atoms. The maximum atomic E-state index is 6.39. The Morgan fingerprint density at radius 3 is 1.92 bits per heavy atom. The van der Waals surface area contributed by atoms with E-state index >= 15 is 0 Å². The van der Waals surface area contributed by atoms with Gasteiger partial charge >= 0.3 is 0 Å². The molecule has 0 aromatic rings. The van der Waals surface area contributed by atoms with Crippen LogP contribution in [0.15, 0.2) is 0 Å². The third kappa shape index (κ3) is 8.62. The van der Waals surface area contributed by atoms with Crippen molar-refractivity contribution in [2.45, 2.75) is 77.0 Å². The fraction of sp³-hybridized carbons (Fsp3) is 1.00. The first-order chi connectivity index (χ1) is 6.12. The van der Waals surface area contributed by atoms with Crippen molar-refractivity contribution in [1.29, 1.82) is 0 Å². The van der Waals surface area contributed by atoms with E-state index in [1.54, 1.807) is 0 Å². The van der Waals surface area contributed by atoms with Crippen LogP contribution in [0.25, 0.3) is 0 Å². The molecule has 0 saturated carbocycles. The van der Waals surface area contributed by atoms with Gasteiger partial charge in [0.05, 0.1) is 0 Å². The minimum Gasteiger partial charge on any atom is -0.120 e. The molecule has 0 saturated heterocycles. The Morgan fingerprint density at radius 2 is 1.38 bits per heavy atom. The van der Waals surface area contributed by atoms with Crippen LogP contribution in [0, 0.1) is 0 Å². The van der Waals surface area contributed by atoms with E-state index in [1.807, 2.05) is 0 Å². The van der Waals surface area contributed by atoms with Crippen molar-refractivity contribution in [2.75, 3.05) is 0 Å². The lowest BCUT2D eigenvalue weighted by atomic mass is 9.96. The van der Waals surface area contributed by atoms with Crippen molar-refractivity contribution >= 4 is 11.6 Å². The smallest absolute Gasteiger partial charge is 0.0418 e. The zero-order chi connectivity index (χ0) is 10.2. The van der Waals surface area contributed by atoms with Crippen molar-refractivity contribution in [3.63, 3.8) is 0 Å². The Hall–Kier alpha value is 0.290. The van der Waals surface area contributed by atoms with Gasteiger partial charge < -0.3 is 0 Å². The first-order valence-electron chi connectivity index (χ1n) is 5.81. The van der Waals surface area contributed by atoms with Gasteiger partial charge in [-0.15, -0.1) is 11.6 Å². The van der Waals surface area contributed by atoms with Crippen LogP contribution in [0.1, 0.15) is 72.1 Å². The average molecular weight is 205 g/mol. The van der Waals surface area contributed by atoms with Crippen LogP contribution in [-0.2, 0) is 0 Å². The first kappa shape index (κ1) is 13.3. The molecular weight excluding hydrogens is 180 g/mol. The molecule has 0 rings (SSSR count). The van der Waals surface area contributed by atoms with Gasteiger partial charge in [0.15, 0.2) is 0 Å². The van der Waals surface area contributed by atoms with Gasteiger partial charge in [0, 0.05) is 4.87 Å². The molecule has 0 aromatic carbocycles. The molecule has 0 nitrogen and oxygen atoms in total. The molecule has 0 fully saturated rings. The lowest BCUT2D eigenvalue weighted by Crippen LogP contribution is -2.15. The Morgan fingerprint density at radius 1 is 0.846 bits per heavy atom. The second-order valence-corrected chi connectivity index (χ2v) is 5.24. The van der Waals surface area contributed by atoms with Crippen LogP contribution in [0.3, 0.4) is 0 Å². The van der Waals surface area contributed by atoms with Gasteiger partial charge in [-0.3, -0.25) is 0 Å². The van der Waals surface area contributed by atoms with Crippen LogP contribution in [0.5, 0.6) is 0 Å². The van der Waals surface area contributed by atoms with Gasteiger partial charge in [-0.05, 0) is 19.8 Å². The summed E-state index contributed by atoms with van der Waals surface area (Å²) < 4.78 is 0. The van der Waals surface area contributed by atoms with E-state index in [-0.39, 0.29) is 4.87 Å². The number of rotatable bonds is 8. The molecular formula is C12H25Cl. The van der Waals surface area contributed by atoms with Gasteiger partial charge in [0.2, 0.25) is 0 Å². The van der Waals surface area contributed by atoms with E-state index < -0.39 is 0 Å². The average Bonchev–Trinajstić information content (AvgIpc) is 2.09. The Balaban J connectivity index is 3.39. The summed E-state index contributed by atoms with van der Waals surface area (Å²) in [5.74, 6) is 0. The SMILES string of the molecule is CCCCCCC(C)(Cl)CCCC. The molecule has 1 atom stereocenters. The van der Waals surface area contributed by atoms with Crippen LogP contribution in [-0.4, -0.2) is 4.87 Å². The van der Waals surface area contributed by atoms with Crippen molar-refractivity contribution < 1.29 is 0 Å². The summed E-state index contributed by atoms with van der Waals surface area (Å²) in [5, 5.41) is 0. The van der Waals surface area contributed by atoms with Crippen LogP contribution >= 0.6 is 11.6 Å². The van der Waals surface area contributed by atoms with Gasteiger partial charge in [0.1, 0.15) is 0 Å². The van der Waals surface area contributed by atoms with E-state index in [4.69, 9.17) is 11.6 Å². The fourth-order valence-electron chi connectivity index (χ4n) is 1.59. The highest BCUT2D eigenvalue weighted by molar-refractivity contribution is 6.23. The highest BCUT2D eigenvalue weighted by Crippen LogP contribution is 2.28. The highest BCUT2D eigenvalue weighted by Gasteiger charge is 2.18. The molecule has 0 N–H and O–H groups in total. The summed E-state index contributed by atoms with van der Waals surface area (Å²) in [4.78, 5) is 0.0732. The lowest BCUT2D eigenvalue weighted by Gasteiger charge is -2.21. The first-order valence-corrected chi connectivity index (χ1v) is 6.19. The number of hydrogen-bond acceptors (Lipinski definition) is 0. The highest BCUT2D eigenvalue weighted by atomic mass is 35.5. The summed E-state index contributed by atoms with van der Waals surface area (Å²) in [5.41, 5.74) is 0. The van der Waals surface area contributed by atoms with Gasteiger partial charge in [-0.25, -0.2) is 0 Å². The zero-order valence-electron chi connectivity index (χ0n) is 9.53. The van der Waals surface area contributed by atoms with Crippen LogP contribution in [0.2, 0.25) is 0 Å². The van der Waals surface area contributed by atoms with Crippen LogP contribution in [0.4, 0.5) is 0 Å². The molecule has 1 unspecified atom stereocenters. The lowest BCUT2D eigenvalue weighted by molar-refractivity contribution is 0.476. The summed E-state index contributed by atoms with van der Waals surface area (Å²) in [7, 11) is 0. The van der Waals surface area contributed by atoms with E-state index in [0.29, 0.717) is 0 Å². The molecule has 0 spiro atoms. The molecule has 0 aliphatic heterocycles. The Labute approximate surface area is 89.1 Å². The summed E-state index contributed by atoms with van der Waals surface area (Å²) >= 11 is 6.39. The number of halogens is 1. The molecule has 0 radical (unpaired) electrons. The summed E-state index contributed by atoms with van der Waals surface area (Å²) in [6, 6.07) is 0. The van der Waals surface area contributed by atoms with E-state index in [0.717, 1.165) is 0 Å². The van der Waals surface area contributed by atoms with E-state index in [2.05, 4.69) is 20.8 Å². The van der Waals surface area contributed by atoms with Gasteiger partial charge in [-0.1, -0.05) is 52.4 Å². The molecule has 0 amide bonds. The molecule has 0 bridgehead atoms. The molecule has 0 aliphatic rings. The predicted molar refractivity (Wildman–Crippen MR) is 62.5 cm³/mol. The zero-order valence-corrected chi connectivity index (χ0v) is 10.3. The van der Waals surface area contributed by atoms with Crippen molar-refractivity contribution in [3.05, 3.63) is 0 Å². The standard InChI is InChI=1S/C12H25Cl/c1-4-6-8-9-11-12(3,13)10-7-5-2/h4-11H2,1-3H3. The number of alkyl halides is 1. The van der Waals surface area contributed by atoms with Crippen LogP contribution < -0.4 is 0 Å². The van der Waals surface area contributed by atoms with Crippen molar-refractivity contribution in [1.82, 2.24) is 0 Å². The molecule has 0 aliphatic carbocycles. The maximum absolute atomic E-state index is 6.39. The summed E-state index contributed by atoms with van der Waals surface area (Å²) in [6.07, 6.45) is 10.2. The molecule has 1 heteroatoms. The third-order valence-corrected chi connectivity index (χ3v) is 2.98. The van der Waals surface area contributed by atoms with E-state index in [9.17, 15) is 0 Å². The fourth-order valence-corrected chi connectivity index (χ4v) is 1.86. The third-order valence-electron chi connectivity index (χ3n) is 2.60. The minimum absolute atomic E-state index is 0.0732. The second-order valence-electron chi connectivity index (χ2n) is 4.33. The van der Waals surface area contributed by atoms with Gasteiger partial charge in [-0.2, -0.15) is 0 Å². The number of hydrogen-bond donors (Lipinski definition) is 0. The van der Waals surface area contributed by atoms with Crippen molar-refractivity contribution in [3.8, 4) is 0 Å². The van der Waals surface area contributed by atoms with E-state index in [1.165, 1.54) is 51.4 Å². The number of unbranched alkanes of at least 4 members (excludes halogenated alkanes) is 4. The topological polar surface area (TPSA) is 0 Å². The summed E-state index contributed by atoms with van der Waals surface area (Å²) in [6.45, 7) is 6.66. The minimum atomic E-state index is 0.0732. The monoisotopic (exact) mass is 204 g/mol. The molecule has 0 heterocycles. The Kier molecular flexibility index (Phi) is 7.84.